The summed E-state index contributed by atoms with van der Waals surface area (Å²) in [5.74, 6) is -2.04. The third kappa shape index (κ3) is 6.78. The molecule has 0 radical (unpaired) electrons. The quantitative estimate of drug-likeness (QED) is 0.316. The van der Waals surface area contributed by atoms with Gasteiger partial charge in [-0.1, -0.05) is 35.9 Å². The van der Waals surface area contributed by atoms with Crippen molar-refractivity contribution in [2.45, 2.75) is 32.6 Å². The minimum Gasteiger partial charge on any atom is -0.461 e. The molecule has 3 rings (SSSR count). The van der Waals surface area contributed by atoms with Gasteiger partial charge in [0.1, 0.15) is 5.82 Å². The molecule has 3 N–H and O–H groups in total. The van der Waals surface area contributed by atoms with Crippen LogP contribution in [0.1, 0.15) is 30.0 Å². The fraction of sp³-hybridized carbons (Fsp3) is 0.286. The van der Waals surface area contributed by atoms with Crippen LogP contribution in [0.3, 0.4) is 0 Å². The Labute approximate surface area is 193 Å². The number of hydrogen-bond acceptors (Lipinski definition) is 8. The Bertz CT molecular complexity index is 1090. The summed E-state index contributed by atoms with van der Waals surface area (Å²) >= 11 is 5.97. The number of halogens is 2. The van der Waals surface area contributed by atoms with Gasteiger partial charge in [-0.2, -0.15) is 0 Å². The second-order valence-corrected chi connectivity index (χ2v) is 7.83. The molecule has 0 spiro atoms. The van der Waals surface area contributed by atoms with Crippen molar-refractivity contribution in [2.24, 2.45) is 0 Å². The molecule has 0 saturated carbocycles. The van der Waals surface area contributed by atoms with Crippen LogP contribution < -0.4 is 5.43 Å². The summed E-state index contributed by atoms with van der Waals surface area (Å²) in [7, 11) is 0. The number of nitrogens with zero attached hydrogens (tertiary/aromatic N) is 4. The topological polar surface area (TPSA) is 133 Å². The van der Waals surface area contributed by atoms with Gasteiger partial charge in [-0.3, -0.25) is 10.2 Å². The first-order valence-corrected chi connectivity index (χ1v) is 10.3. The number of aliphatic hydroxyl groups is 1. The van der Waals surface area contributed by atoms with Gasteiger partial charge in [0.05, 0.1) is 12.6 Å². The number of amides is 1. The lowest BCUT2D eigenvalue weighted by atomic mass is 10.0. The van der Waals surface area contributed by atoms with E-state index in [0.717, 1.165) is 0 Å². The van der Waals surface area contributed by atoms with Gasteiger partial charge in [0.15, 0.2) is 6.10 Å². The van der Waals surface area contributed by atoms with Crippen LogP contribution in [0, 0.1) is 5.82 Å². The third-order valence-electron chi connectivity index (χ3n) is 4.40. The maximum atomic E-state index is 14.1. The van der Waals surface area contributed by atoms with E-state index in [1.807, 2.05) is 0 Å². The minimum absolute atomic E-state index is 0.109. The van der Waals surface area contributed by atoms with E-state index in [2.05, 4.69) is 26.0 Å². The molecule has 1 amide bonds. The smallest absolute Gasteiger partial charge is 0.336 e. The Morgan fingerprint density at radius 1 is 1.24 bits per heavy atom. The number of aliphatic hydroxyl groups excluding tert-OH is 1. The molecular weight excluding hydrogens is 455 g/mol. The number of hydrogen-bond donors (Lipinski definition) is 3. The molecule has 0 aliphatic carbocycles. The van der Waals surface area contributed by atoms with E-state index in [-0.39, 0.29) is 18.9 Å². The van der Waals surface area contributed by atoms with E-state index in [9.17, 15) is 19.1 Å². The predicted octanol–water partition coefficient (Wildman–Crippen LogP) is 2.12. The van der Waals surface area contributed by atoms with Crippen LogP contribution in [0.5, 0.6) is 0 Å². The van der Waals surface area contributed by atoms with Crippen molar-refractivity contribution in [3.8, 4) is 11.1 Å². The number of aromatic amines is 1. The summed E-state index contributed by atoms with van der Waals surface area (Å²) in [4.78, 5) is 24.4. The highest BCUT2D eigenvalue weighted by atomic mass is 35.5. The van der Waals surface area contributed by atoms with Crippen molar-refractivity contribution < 1.29 is 23.8 Å². The first-order valence-electron chi connectivity index (χ1n) is 9.95. The average Bonchev–Trinajstić information content (AvgIpc) is 3.30. The Morgan fingerprint density at radius 3 is 2.61 bits per heavy atom. The molecule has 0 fully saturated rings. The average molecular weight is 477 g/mol. The number of carbonyl (C=O) groups is 2. The van der Waals surface area contributed by atoms with Crippen molar-refractivity contribution in [3.63, 3.8) is 0 Å². The molecule has 12 heteroatoms. The number of aromatic nitrogens is 4. The second-order valence-electron chi connectivity index (χ2n) is 7.39. The summed E-state index contributed by atoms with van der Waals surface area (Å²) in [6.07, 6.45) is -1.92. The van der Waals surface area contributed by atoms with E-state index in [0.29, 0.717) is 21.7 Å². The summed E-state index contributed by atoms with van der Waals surface area (Å²) in [5.41, 5.74) is 4.22. The lowest BCUT2D eigenvalue weighted by Gasteiger charge is -2.25. The fourth-order valence-corrected chi connectivity index (χ4v) is 3.10. The summed E-state index contributed by atoms with van der Waals surface area (Å²) in [6, 6.07) is 11.1. The van der Waals surface area contributed by atoms with Crippen molar-refractivity contribution in [2.75, 3.05) is 6.54 Å². The molecule has 33 heavy (non-hydrogen) atoms. The zero-order valence-electron chi connectivity index (χ0n) is 17.8. The number of nitrogens with one attached hydrogen (secondary N) is 2. The van der Waals surface area contributed by atoms with E-state index >= 15 is 0 Å². The Balaban J connectivity index is 1.76. The number of hydrazine groups is 1. The van der Waals surface area contributed by atoms with Crippen LogP contribution >= 0.6 is 11.6 Å². The first kappa shape index (κ1) is 24.2. The molecule has 0 bridgehead atoms. The largest absolute Gasteiger partial charge is 0.461 e. The molecule has 0 saturated heterocycles. The molecule has 1 atom stereocenters. The SMILES string of the molecule is CC(C)OC(=O)[C@H](O)CN(Cc1ccc(-c2cc(Cl)ccc2F)cc1)NC(=O)c1nnn[nH]1. The number of ether oxygens (including phenoxy) is 1. The molecule has 0 aliphatic heterocycles. The van der Waals surface area contributed by atoms with Gasteiger partial charge in [0.2, 0.25) is 5.82 Å². The van der Waals surface area contributed by atoms with Gasteiger partial charge in [-0.25, -0.2) is 19.3 Å². The van der Waals surface area contributed by atoms with Crippen LogP contribution in [0.25, 0.3) is 11.1 Å². The predicted molar refractivity (Wildman–Crippen MR) is 116 cm³/mol. The van der Waals surface area contributed by atoms with Crippen LogP contribution in [-0.4, -0.2) is 61.4 Å². The van der Waals surface area contributed by atoms with Gasteiger partial charge in [0.25, 0.3) is 0 Å². The van der Waals surface area contributed by atoms with Crippen LogP contribution in [0.15, 0.2) is 42.5 Å². The molecular formula is C21H22ClFN6O4. The molecule has 0 unspecified atom stereocenters. The normalized spacial score (nSPS) is 12.1. The number of tetrazole rings is 1. The maximum Gasteiger partial charge on any atom is 0.336 e. The molecule has 1 heterocycles. The zero-order chi connectivity index (χ0) is 24.0. The first-order chi connectivity index (χ1) is 15.7. The zero-order valence-corrected chi connectivity index (χ0v) is 18.6. The van der Waals surface area contributed by atoms with Crippen molar-refractivity contribution in [3.05, 3.63) is 64.7 Å². The number of rotatable bonds is 9. The Morgan fingerprint density at radius 2 is 1.97 bits per heavy atom. The summed E-state index contributed by atoms with van der Waals surface area (Å²) < 4.78 is 19.2. The van der Waals surface area contributed by atoms with Gasteiger partial charge >= 0.3 is 11.9 Å². The highest BCUT2D eigenvalue weighted by Gasteiger charge is 2.24. The number of benzene rings is 2. The monoisotopic (exact) mass is 476 g/mol. The summed E-state index contributed by atoms with van der Waals surface area (Å²) in [5, 5.41) is 24.5. The van der Waals surface area contributed by atoms with Gasteiger partial charge in [-0.15, -0.1) is 5.10 Å². The van der Waals surface area contributed by atoms with Crippen LogP contribution in [0.4, 0.5) is 4.39 Å². The molecule has 1 aromatic heterocycles. The van der Waals surface area contributed by atoms with E-state index < -0.39 is 29.9 Å². The third-order valence-corrected chi connectivity index (χ3v) is 4.64. The molecule has 10 nitrogen and oxygen atoms in total. The second kappa shape index (κ2) is 10.9. The van der Waals surface area contributed by atoms with E-state index in [1.54, 1.807) is 38.1 Å². The van der Waals surface area contributed by atoms with Crippen molar-refractivity contribution in [1.82, 2.24) is 31.1 Å². The van der Waals surface area contributed by atoms with Crippen molar-refractivity contribution >= 4 is 23.5 Å². The maximum absolute atomic E-state index is 14.1. The highest BCUT2D eigenvalue weighted by molar-refractivity contribution is 6.30. The summed E-state index contributed by atoms with van der Waals surface area (Å²) in [6.45, 7) is 3.16. The Kier molecular flexibility index (Phi) is 8.04. The van der Waals surface area contributed by atoms with Crippen LogP contribution in [-0.2, 0) is 16.1 Å². The Hall–Kier alpha value is -3.41. The molecule has 0 aliphatic rings. The number of esters is 1. The van der Waals surface area contributed by atoms with Crippen molar-refractivity contribution in [1.29, 1.82) is 0 Å². The van der Waals surface area contributed by atoms with E-state index in [1.165, 1.54) is 23.2 Å². The van der Waals surface area contributed by atoms with Crippen LogP contribution in [0.2, 0.25) is 5.02 Å². The fourth-order valence-electron chi connectivity index (χ4n) is 2.92. The lowest BCUT2D eigenvalue weighted by Crippen LogP contribution is -2.48. The van der Waals surface area contributed by atoms with Gasteiger partial charge in [0, 0.05) is 17.1 Å². The highest BCUT2D eigenvalue weighted by Crippen LogP contribution is 2.26. The lowest BCUT2D eigenvalue weighted by molar-refractivity contribution is -0.158. The minimum atomic E-state index is -1.51. The van der Waals surface area contributed by atoms with Gasteiger partial charge in [-0.05, 0) is 53.6 Å². The van der Waals surface area contributed by atoms with Gasteiger partial charge < -0.3 is 9.84 Å². The number of carbonyl (C=O) groups excluding carboxylic acids is 2. The molecule has 2 aromatic carbocycles. The molecule has 174 valence electrons. The molecule has 3 aromatic rings. The van der Waals surface area contributed by atoms with E-state index in [4.69, 9.17) is 16.3 Å². The number of H-pyrrole nitrogens is 1. The standard InChI is InChI=1S/C21H22ClFN6O4/c1-12(2)33-21(32)18(30)11-29(26-20(31)19-24-27-28-25-19)10-13-3-5-14(6-4-13)16-9-15(22)7-8-17(16)23/h3-9,12,18,30H,10-11H2,1-2H3,(H,26,31)(H,24,25,27,28)/t18-/m1/s1.